The molecule has 3 unspecified atom stereocenters. The molecule has 0 aromatic heterocycles. The monoisotopic (exact) mass is 238 g/mol. The Morgan fingerprint density at radius 1 is 1.12 bits per heavy atom. The topological polar surface area (TPSA) is 15.3 Å². The highest BCUT2D eigenvalue weighted by molar-refractivity contribution is 4.89. The van der Waals surface area contributed by atoms with Crippen LogP contribution in [0.15, 0.2) is 0 Å². The van der Waals surface area contributed by atoms with Crippen molar-refractivity contribution in [2.75, 3.05) is 20.1 Å². The van der Waals surface area contributed by atoms with Crippen molar-refractivity contribution < 1.29 is 0 Å². The van der Waals surface area contributed by atoms with Gasteiger partial charge in [0, 0.05) is 18.6 Å². The molecule has 2 aliphatic rings. The summed E-state index contributed by atoms with van der Waals surface area (Å²) in [6, 6.07) is 1.70. The van der Waals surface area contributed by atoms with Gasteiger partial charge in [0.2, 0.25) is 0 Å². The van der Waals surface area contributed by atoms with Crippen LogP contribution in [0.3, 0.4) is 0 Å². The molecule has 0 spiro atoms. The third kappa shape index (κ3) is 3.69. The van der Waals surface area contributed by atoms with E-state index in [1.165, 1.54) is 45.1 Å². The third-order valence-corrected chi connectivity index (χ3v) is 4.83. The average Bonchev–Trinajstić information content (AvgIpc) is 3.15. The SMILES string of the molecule is CCNC1CCC(CC)CC1CN(C)C1CC1. The van der Waals surface area contributed by atoms with E-state index in [9.17, 15) is 0 Å². The summed E-state index contributed by atoms with van der Waals surface area (Å²) in [5, 5.41) is 3.72. The van der Waals surface area contributed by atoms with Gasteiger partial charge < -0.3 is 10.2 Å². The zero-order valence-electron chi connectivity index (χ0n) is 11.9. The van der Waals surface area contributed by atoms with Gasteiger partial charge in [-0.25, -0.2) is 0 Å². The van der Waals surface area contributed by atoms with Crippen molar-refractivity contribution in [1.29, 1.82) is 0 Å². The third-order valence-electron chi connectivity index (χ3n) is 4.83. The summed E-state index contributed by atoms with van der Waals surface area (Å²) >= 11 is 0. The molecule has 3 atom stereocenters. The maximum atomic E-state index is 3.72. The summed E-state index contributed by atoms with van der Waals surface area (Å²) in [6.45, 7) is 7.05. The molecule has 2 fully saturated rings. The summed E-state index contributed by atoms with van der Waals surface area (Å²) in [4.78, 5) is 2.62. The van der Waals surface area contributed by atoms with Crippen LogP contribution in [-0.4, -0.2) is 37.1 Å². The van der Waals surface area contributed by atoms with Crippen LogP contribution in [-0.2, 0) is 0 Å². The largest absolute Gasteiger partial charge is 0.314 e. The lowest BCUT2D eigenvalue weighted by Crippen LogP contribution is -2.45. The Hall–Kier alpha value is -0.0800. The molecule has 1 N–H and O–H groups in total. The molecular weight excluding hydrogens is 208 g/mol. The Labute approximate surface area is 107 Å². The second kappa shape index (κ2) is 6.19. The van der Waals surface area contributed by atoms with Crippen LogP contribution >= 0.6 is 0 Å². The molecule has 0 radical (unpaired) electrons. The van der Waals surface area contributed by atoms with Gasteiger partial charge in [-0.3, -0.25) is 0 Å². The van der Waals surface area contributed by atoms with Crippen LogP contribution in [0.25, 0.3) is 0 Å². The first-order valence-corrected chi connectivity index (χ1v) is 7.68. The molecule has 0 heterocycles. The predicted octanol–water partition coefficient (Wildman–Crippen LogP) is 2.89. The zero-order valence-corrected chi connectivity index (χ0v) is 11.9. The van der Waals surface area contributed by atoms with E-state index in [1.807, 2.05) is 0 Å². The number of hydrogen-bond donors (Lipinski definition) is 1. The highest BCUT2D eigenvalue weighted by Gasteiger charge is 2.33. The van der Waals surface area contributed by atoms with Crippen LogP contribution < -0.4 is 5.32 Å². The maximum absolute atomic E-state index is 3.72. The number of nitrogens with zero attached hydrogens (tertiary/aromatic N) is 1. The van der Waals surface area contributed by atoms with Crippen molar-refractivity contribution in [3.63, 3.8) is 0 Å². The van der Waals surface area contributed by atoms with Crippen molar-refractivity contribution in [3.8, 4) is 0 Å². The minimum atomic E-state index is 0.781. The van der Waals surface area contributed by atoms with E-state index in [0.717, 1.165) is 30.5 Å². The molecule has 2 rings (SSSR count). The molecule has 2 aliphatic carbocycles. The molecular formula is C15H30N2. The molecule has 0 bridgehead atoms. The lowest BCUT2D eigenvalue weighted by atomic mass is 9.76. The summed E-state index contributed by atoms with van der Waals surface area (Å²) in [5.41, 5.74) is 0. The highest BCUT2D eigenvalue weighted by atomic mass is 15.2. The van der Waals surface area contributed by atoms with Gasteiger partial charge in [-0.1, -0.05) is 20.3 Å². The van der Waals surface area contributed by atoms with Crippen molar-refractivity contribution in [2.45, 2.75) is 64.5 Å². The van der Waals surface area contributed by atoms with Crippen LogP contribution in [0.5, 0.6) is 0 Å². The summed E-state index contributed by atoms with van der Waals surface area (Å²) in [7, 11) is 2.33. The standard InChI is InChI=1S/C15H30N2/c1-4-12-6-9-15(16-5-2)13(10-12)11-17(3)14-7-8-14/h12-16H,4-11H2,1-3H3. The first kappa shape index (κ1) is 13.4. The first-order valence-electron chi connectivity index (χ1n) is 7.68. The van der Waals surface area contributed by atoms with Crippen molar-refractivity contribution in [2.24, 2.45) is 11.8 Å². The van der Waals surface area contributed by atoms with Gasteiger partial charge in [-0.05, 0) is 57.5 Å². The predicted molar refractivity (Wildman–Crippen MR) is 74.2 cm³/mol. The molecule has 17 heavy (non-hydrogen) atoms. The van der Waals surface area contributed by atoms with Crippen LogP contribution in [0.1, 0.15) is 52.4 Å². The smallest absolute Gasteiger partial charge is 0.0108 e. The van der Waals surface area contributed by atoms with E-state index in [2.05, 4.69) is 31.1 Å². The molecule has 2 heteroatoms. The Balaban J connectivity index is 1.87. The molecule has 0 aromatic carbocycles. The van der Waals surface area contributed by atoms with Crippen LogP contribution in [0.2, 0.25) is 0 Å². The van der Waals surface area contributed by atoms with Gasteiger partial charge in [0.25, 0.3) is 0 Å². The zero-order chi connectivity index (χ0) is 12.3. The fraction of sp³-hybridized carbons (Fsp3) is 1.00. The first-order chi connectivity index (χ1) is 8.24. The molecule has 2 nitrogen and oxygen atoms in total. The summed E-state index contributed by atoms with van der Waals surface area (Å²) in [5.74, 6) is 1.88. The van der Waals surface area contributed by atoms with Gasteiger partial charge in [-0.2, -0.15) is 0 Å². The van der Waals surface area contributed by atoms with Crippen molar-refractivity contribution in [1.82, 2.24) is 10.2 Å². The molecule has 0 saturated heterocycles. The van der Waals surface area contributed by atoms with Gasteiger partial charge in [0.1, 0.15) is 0 Å². The molecule has 0 amide bonds. The minimum Gasteiger partial charge on any atom is -0.314 e. The second-order valence-electron chi connectivity index (χ2n) is 6.18. The van der Waals surface area contributed by atoms with Crippen molar-refractivity contribution >= 4 is 0 Å². The van der Waals surface area contributed by atoms with Gasteiger partial charge in [0.05, 0.1) is 0 Å². The lowest BCUT2D eigenvalue weighted by molar-refractivity contribution is 0.149. The van der Waals surface area contributed by atoms with Crippen LogP contribution in [0.4, 0.5) is 0 Å². The van der Waals surface area contributed by atoms with Crippen molar-refractivity contribution in [3.05, 3.63) is 0 Å². The van der Waals surface area contributed by atoms with Gasteiger partial charge in [0.15, 0.2) is 0 Å². The summed E-state index contributed by atoms with van der Waals surface area (Å²) in [6.07, 6.45) is 8.54. The maximum Gasteiger partial charge on any atom is 0.0108 e. The van der Waals surface area contributed by atoms with Gasteiger partial charge >= 0.3 is 0 Å². The quantitative estimate of drug-likeness (QED) is 0.765. The fourth-order valence-electron chi connectivity index (χ4n) is 3.50. The van der Waals surface area contributed by atoms with E-state index >= 15 is 0 Å². The Morgan fingerprint density at radius 2 is 1.88 bits per heavy atom. The fourth-order valence-corrected chi connectivity index (χ4v) is 3.50. The molecule has 0 aliphatic heterocycles. The Kier molecular flexibility index (Phi) is 4.87. The number of hydrogen-bond acceptors (Lipinski definition) is 2. The molecule has 100 valence electrons. The number of rotatable bonds is 6. The molecule has 2 saturated carbocycles. The Morgan fingerprint density at radius 3 is 2.47 bits per heavy atom. The average molecular weight is 238 g/mol. The highest BCUT2D eigenvalue weighted by Crippen LogP contribution is 2.34. The van der Waals surface area contributed by atoms with Crippen LogP contribution in [0, 0.1) is 11.8 Å². The Bertz CT molecular complexity index is 225. The second-order valence-corrected chi connectivity index (χ2v) is 6.18. The van der Waals surface area contributed by atoms with E-state index < -0.39 is 0 Å². The van der Waals surface area contributed by atoms with Gasteiger partial charge in [-0.15, -0.1) is 0 Å². The lowest BCUT2D eigenvalue weighted by Gasteiger charge is -2.38. The normalized spacial score (nSPS) is 34.2. The van der Waals surface area contributed by atoms with E-state index in [-0.39, 0.29) is 0 Å². The van der Waals surface area contributed by atoms with E-state index in [1.54, 1.807) is 0 Å². The summed E-state index contributed by atoms with van der Waals surface area (Å²) < 4.78 is 0. The minimum absolute atomic E-state index is 0.781. The van der Waals surface area contributed by atoms with E-state index in [0.29, 0.717) is 0 Å². The number of nitrogens with one attached hydrogen (secondary N) is 1. The molecule has 0 aromatic rings. The van der Waals surface area contributed by atoms with E-state index in [4.69, 9.17) is 0 Å².